The van der Waals surface area contributed by atoms with Crippen molar-refractivity contribution >= 4 is 0 Å². The molecule has 10 heteroatoms. The molecule has 0 aliphatic heterocycles. The number of nitriles is 1. The first-order valence-corrected chi connectivity index (χ1v) is 9.97. The van der Waals surface area contributed by atoms with Crippen molar-refractivity contribution in [1.29, 1.82) is 5.26 Å². The minimum atomic E-state index is -1.89. The number of ether oxygens (including phenoxy) is 1. The van der Waals surface area contributed by atoms with Crippen LogP contribution in [0.5, 0.6) is 0 Å². The highest BCUT2D eigenvalue weighted by Crippen LogP contribution is 2.32. The first kappa shape index (κ1) is 22.3. The van der Waals surface area contributed by atoms with Gasteiger partial charge in [0.05, 0.1) is 24.3 Å². The third-order valence-corrected chi connectivity index (χ3v) is 5.28. The summed E-state index contributed by atoms with van der Waals surface area (Å²) in [5.41, 5.74) is -0.190. The Hall–Kier alpha value is -3.94. The zero-order valence-electron chi connectivity index (χ0n) is 17.5. The van der Waals surface area contributed by atoms with Crippen LogP contribution in [0.1, 0.15) is 23.8 Å². The van der Waals surface area contributed by atoms with Crippen LogP contribution in [0, 0.1) is 23.0 Å². The molecule has 0 spiro atoms. The molecule has 0 unspecified atom stereocenters. The molecule has 0 radical (unpaired) electrons. The summed E-state index contributed by atoms with van der Waals surface area (Å²) in [4.78, 5) is 3.84. The molecular formula is C23H19F2N5O3. The second kappa shape index (κ2) is 9.28. The first-order chi connectivity index (χ1) is 15.9. The summed E-state index contributed by atoms with van der Waals surface area (Å²) in [6.07, 6.45) is 1.70. The van der Waals surface area contributed by atoms with Crippen LogP contribution in [-0.4, -0.2) is 31.1 Å². The van der Waals surface area contributed by atoms with Crippen molar-refractivity contribution in [3.8, 4) is 17.3 Å². The number of halogens is 2. The molecule has 2 heterocycles. The summed E-state index contributed by atoms with van der Waals surface area (Å²) in [7, 11) is 0. The van der Waals surface area contributed by atoms with E-state index in [1.165, 1.54) is 23.4 Å². The molecular weight excluding hydrogens is 432 g/mol. The molecule has 0 saturated heterocycles. The Balaban J connectivity index is 1.53. The summed E-state index contributed by atoms with van der Waals surface area (Å²) >= 11 is 0. The molecule has 4 rings (SSSR count). The van der Waals surface area contributed by atoms with E-state index in [0.29, 0.717) is 23.1 Å². The minimum Gasteiger partial charge on any atom is -0.380 e. The van der Waals surface area contributed by atoms with Crippen molar-refractivity contribution in [3.63, 3.8) is 0 Å². The van der Waals surface area contributed by atoms with E-state index in [4.69, 9.17) is 14.5 Å². The molecule has 2 aromatic carbocycles. The van der Waals surface area contributed by atoms with Gasteiger partial charge < -0.3 is 14.4 Å². The summed E-state index contributed by atoms with van der Waals surface area (Å²) in [6, 6.07) is 13.5. The number of hydrogen-bond acceptors (Lipinski definition) is 7. The van der Waals surface area contributed by atoms with Gasteiger partial charge in [-0.2, -0.15) is 10.4 Å². The highest BCUT2D eigenvalue weighted by Gasteiger charge is 2.40. The standard InChI is InChI=1S/C23H19F2N5O3/c1-15(32-11-19-9-22(29-33-19)17-4-2-16(10-26)3-5-17)23(31,12-30-14-27-13-28-30)20-7-6-18(24)8-21(20)25/h2-9,13-15,31H,11-12H2,1H3/t15-,23-/m1/s1. The van der Waals surface area contributed by atoms with Gasteiger partial charge in [0.1, 0.15) is 42.2 Å². The summed E-state index contributed by atoms with van der Waals surface area (Å²) in [5, 5.41) is 28.3. The Kier molecular flexibility index (Phi) is 6.26. The summed E-state index contributed by atoms with van der Waals surface area (Å²) in [5.74, 6) is -1.29. The summed E-state index contributed by atoms with van der Waals surface area (Å²) < 4.78 is 40.5. The van der Waals surface area contributed by atoms with Crippen molar-refractivity contribution in [2.24, 2.45) is 0 Å². The Morgan fingerprint density at radius 1 is 1.21 bits per heavy atom. The van der Waals surface area contributed by atoms with E-state index in [1.807, 2.05) is 6.07 Å². The lowest BCUT2D eigenvalue weighted by atomic mass is 9.88. The molecule has 0 aliphatic rings. The second-order valence-electron chi connectivity index (χ2n) is 7.46. The van der Waals surface area contributed by atoms with E-state index < -0.39 is 23.3 Å². The van der Waals surface area contributed by atoms with Crippen LogP contribution in [0.15, 0.2) is 65.7 Å². The predicted molar refractivity (Wildman–Crippen MR) is 111 cm³/mol. The Morgan fingerprint density at radius 3 is 2.67 bits per heavy atom. The Labute approximate surface area is 187 Å². The highest BCUT2D eigenvalue weighted by atomic mass is 19.1. The van der Waals surface area contributed by atoms with Gasteiger partial charge in [-0.1, -0.05) is 23.4 Å². The highest BCUT2D eigenvalue weighted by molar-refractivity contribution is 5.59. The van der Waals surface area contributed by atoms with Crippen molar-refractivity contribution in [2.45, 2.75) is 31.8 Å². The fourth-order valence-corrected chi connectivity index (χ4v) is 3.41. The maximum atomic E-state index is 14.6. The van der Waals surface area contributed by atoms with Crippen LogP contribution < -0.4 is 0 Å². The van der Waals surface area contributed by atoms with E-state index in [-0.39, 0.29) is 18.7 Å². The van der Waals surface area contributed by atoms with E-state index in [9.17, 15) is 13.9 Å². The molecule has 2 atom stereocenters. The molecule has 8 nitrogen and oxygen atoms in total. The SMILES string of the molecule is C[C@@H](OCc1cc(-c2ccc(C#N)cc2)no1)[C@](O)(Cn1cncn1)c1ccc(F)cc1F. The summed E-state index contributed by atoms with van der Waals surface area (Å²) in [6.45, 7) is 1.33. The lowest BCUT2D eigenvalue weighted by molar-refractivity contribution is -0.126. The van der Waals surface area contributed by atoms with E-state index in [0.717, 1.165) is 11.6 Å². The third-order valence-electron chi connectivity index (χ3n) is 5.28. The van der Waals surface area contributed by atoms with Crippen molar-refractivity contribution < 1.29 is 23.1 Å². The molecule has 0 aliphatic carbocycles. The van der Waals surface area contributed by atoms with Crippen LogP contribution in [0.4, 0.5) is 8.78 Å². The first-order valence-electron chi connectivity index (χ1n) is 9.97. The van der Waals surface area contributed by atoms with Gasteiger partial charge in [-0.25, -0.2) is 18.4 Å². The van der Waals surface area contributed by atoms with Crippen LogP contribution in [0.25, 0.3) is 11.3 Å². The van der Waals surface area contributed by atoms with Gasteiger partial charge in [-0.05, 0) is 25.1 Å². The Morgan fingerprint density at radius 2 is 2.00 bits per heavy atom. The number of hydrogen-bond donors (Lipinski definition) is 1. The van der Waals surface area contributed by atoms with Crippen molar-refractivity contribution in [2.75, 3.05) is 0 Å². The van der Waals surface area contributed by atoms with Crippen molar-refractivity contribution in [1.82, 2.24) is 19.9 Å². The minimum absolute atomic E-state index is 0.0626. The van der Waals surface area contributed by atoms with Gasteiger partial charge in [0.15, 0.2) is 5.76 Å². The molecule has 4 aromatic rings. The van der Waals surface area contributed by atoms with Crippen LogP contribution >= 0.6 is 0 Å². The topological polar surface area (TPSA) is 110 Å². The number of nitrogens with zero attached hydrogens (tertiary/aromatic N) is 5. The monoisotopic (exact) mass is 451 g/mol. The number of aliphatic hydroxyl groups is 1. The number of benzene rings is 2. The maximum absolute atomic E-state index is 14.6. The molecule has 0 fully saturated rings. The molecule has 168 valence electrons. The largest absolute Gasteiger partial charge is 0.380 e. The third kappa shape index (κ3) is 4.79. The fourth-order valence-electron chi connectivity index (χ4n) is 3.41. The van der Waals surface area contributed by atoms with Crippen LogP contribution in [0.3, 0.4) is 0 Å². The predicted octanol–water partition coefficient (Wildman–Crippen LogP) is 3.58. The molecule has 0 amide bonds. The average molecular weight is 451 g/mol. The normalized spacial score (nSPS) is 13.9. The molecule has 0 bridgehead atoms. The lowest BCUT2D eigenvalue weighted by Crippen LogP contribution is -2.44. The van der Waals surface area contributed by atoms with Crippen LogP contribution in [-0.2, 0) is 23.5 Å². The van der Waals surface area contributed by atoms with Gasteiger partial charge in [0.2, 0.25) is 0 Å². The molecule has 33 heavy (non-hydrogen) atoms. The van der Waals surface area contributed by atoms with Crippen molar-refractivity contribution in [3.05, 3.63) is 89.7 Å². The van der Waals surface area contributed by atoms with E-state index >= 15 is 0 Å². The van der Waals surface area contributed by atoms with Gasteiger partial charge in [0.25, 0.3) is 0 Å². The van der Waals surface area contributed by atoms with Gasteiger partial charge >= 0.3 is 0 Å². The molecule has 0 saturated carbocycles. The number of rotatable bonds is 8. The van der Waals surface area contributed by atoms with Gasteiger partial charge in [-0.15, -0.1) is 0 Å². The van der Waals surface area contributed by atoms with Crippen LogP contribution in [0.2, 0.25) is 0 Å². The Bertz CT molecular complexity index is 1270. The lowest BCUT2D eigenvalue weighted by Gasteiger charge is -2.34. The fraction of sp³-hybridized carbons (Fsp3) is 0.217. The van der Waals surface area contributed by atoms with E-state index in [2.05, 4.69) is 15.2 Å². The zero-order valence-corrected chi connectivity index (χ0v) is 17.5. The zero-order chi connectivity index (χ0) is 23.4. The second-order valence-corrected chi connectivity index (χ2v) is 7.46. The average Bonchev–Trinajstić information content (AvgIpc) is 3.49. The maximum Gasteiger partial charge on any atom is 0.163 e. The van der Waals surface area contributed by atoms with Gasteiger partial charge in [-0.3, -0.25) is 0 Å². The molecule has 1 N–H and O–H groups in total. The van der Waals surface area contributed by atoms with E-state index in [1.54, 1.807) is 37.3 Å². The van der Waals surface area contributed by atoms with Gasteiger partial charge in [0, 0.05) is 23.3 Å². The quantitative estimate of drug-likeness (QED) is 0.436. The molecule has 2 aromatic heterocycles. The number of aromatic nitrogens is 4. The smallest absolute Gasteiger partial charge is 0.163 e.